The van der Waals surface area contributed by atoms with Crippen LogP contribution in [0.25, 0.3) is 0 Å². The summed E-state index contributed by atoms with van der Waals surface area (Å²) in [6.07, 6.45) is 0. The van der Waals surface area contributed by atoms with Gasteiger partial charge in [0.05, 0.1) is 5.75 Å². The van der Waals surface area contributed by atoms with E-state index in [2.05, 4.69) is 0 Å². The lowest BCUT2D eigenvalue weighted by Gasteiger charge is -2.14. The predicted molar refractivity (Wildman–Crippen MR) is 81.8 cm³/mol. The molecule has 0 saturated heterocycles. The molecular formula is C11H21NO4S2Si. The average Bonchev–Trinajstić information content (AvgIpc) is 2.27. The minimum absolute atomic E-state index is 0.105. The molecule has 0 saturated carbocycles. The summed E-state index contributed by atoms with van der Waals surface area (Å²) in [6, 6.07) is 12.6. The highest BCUT2D eigenvalue weighted by Crippen LogP contribution is 2.08. The Morgan fingerprint density at radius 1 is 0.947 bits per heavy atom. The topological polar surface area (TPSA) is 80.3 Å². The predicted octanol–water partition coefficient (Wildman–Crippen LogP) is 1.46. The SMILES string of the molecule is C[Si](C)(C)CCS(=O)(=O)N[SH](=O)=O.c1ccccc1. The summed E-state index contributed by atoms with van der Waals surface area (Å²) in [5.74, 6) is -0.105. The standard InChI is InChI=1S/C6H6.C5H15NO4S2Si/c1-2-4-6-5-3-1;1-13(2,3)5-4-12(9,10)6-11(7)8/h1-6H;11H,4-5H2,1-3H3,(H,6,7,8). The van der Waals surface area contributed by atoms with Gasteiger partial charge in [0.15, 0.2) is 0 Å². The van der Waals surface area contributed by atoms with Crippen molar-refractivity contribution < 1.29 is 16.8 Å². The summed E-state index contributed by atoms with van der Waals surface area (Å²) in [5, 5.41) is 0. The first kappa shape index (κ1) is 18.3. The lowest BCUT2D eigenvalue weighted by molar-refractivity contribution is 0.586. The second kappa shape index (κ2) is 8.46. The molecule has 0 fully saturated rings. The molecule has 1 rings (SSSR count). The smallest absolute Gasteiger partial charge is 0.215 e. The number of rotatable bonds is 5. The molecule has 110 valence electrons. The van der Waals surface area contributed by atoms with Crippen molar-refractivity contribution in [3.63, 3.8) is 0 Å². The normalized spacial score (nSPS) is 11.8. The first-order valence-electron chi connectivity index (χ1n) is 5.77. The molecule has 0 amide bonds. The molecule has 0 bridgehead atoms. The number of hydrogen-bond acceptors (Lipinski definition) is 4. The van der Waals surface area contributed by atoms with E-state index in [1.54, 1.807) is 0 Å². The lowest BCUT2D eigenvalue weighted by Crippen LogP contribution is -2.30. The fourth-order valence-electron chi connectivity index (χ4n) is 0.985. The first-order valence-corrected chi connectivity index (χ1v) is 12.3. The van der Waals surface area contributed by atoms with Crippen LogP contribution >= 0.6 is 0 Å². The number of thiol groups is 1. The van der Waals surface area contributed by atoms with Gasteiger partial charge in [-0.15, -0.1) is 4.13 Å². The summed E-state index contributed by atoms with van der Waals surface area (Å²) in [5.41, 5.74) is 0. The van der Waals surface area contributed by atoms with Gasteiger partial charge in [0.2, 0.25) is 20.9 Å². The highest BCUT2D eigenvalue weighted by Gasteiger charge is 2.18. The summed E-state index contributed by atoms with van der Waals surface area (Å²) in [6.45, 7) is 6.08. The molecule has 0 atom stereocenters. The zero-order valence-electron chi connectivity index (χ0n) is 11.4. The molecule has 0 radical (unpaired) electrons. The Bertz CT molecular complexity index is 487. The van der Waals surface area contributed by atoms with Gasteiger partial charge in [-0.05, 0) is 6.04 Å². The molecule has 0 aromatic heterocycles. The van der Waals surface area contributed by atoms with Crippen molar-refractivity contribution in [2.45, 2.75) is 25.7 Å². The molecule has 5 nitrogen and oxygen atoms in total. The van der Waals surface area contributed by atoms with E-state index in [9.17, 15) is 16.8 Å². The molecule has 19 heavy (non-hydrogen) atoms. The Balaban J connectivity index is 0.000000443. The van der Waals surface area contributed by atoms with E-state index in [1.165, 1.54) is 4.13 Å². The maximum absolute atomic E-state index is 11.0. The van der Waals surface area contributed by atoms with Gasteiger partial charge in [-0.25, -0.2) is 16.8 Å². The van der Waals surface area contributed by atoms with Crippen molar-refractivity contribution in [2.75, 3.05) is 5.75 Å². The second-order valence-electron chi connectivity index (χ2n) is 5.13. The third-order valence-electron chi connectivity index (χ3n) is 2.00. The van der Waals surface area contributed by atoms with E-state index in [0.717, 1.165) is 0 Å². The van der Waals surface area contributed by atoms with Crippen LogP contribution in [0.4, 0.5) is 0 Å². The Morgan fingerprint density at radius 3 is 1.58 bits per heavy atom. The Labute approximate surface area is 118 Å². The van der Waals surface area contributed by atoms with Gasteiger partial charge in [-0.1, -0.05) is 56.0 Å². The van der Waals surface area contributed by atoms with Crippen LogP contribution in [0.2, 0.25) is 25.7 Å². The van der Waals surface area contributed by atoms with Gasteiger partial charge >= 0.3 is 0 Å². The fourth-order valence-corrected chi connectivity index (χ4v) is 5.78. The van der Waals surface area contributed by atoms with Gasteiger partial charge in [0.1, 0.15) is 0 Å². The van der Waals surface area contributed by atoms with E-state index in [0.29, 0.717) is 6.04 Å². The van der Waals surface area contributed by atoms with E-state index in [1.807, 2.05) is 56.0 Å². The molecule has 8 heteroatoms. The summed E-state index contributed by atoms with van der Waals surface area (Å²) >= 11 is 0. The summed E-state index contributed by atoms with van der Waals surface area (Å²) in [4.78, 5) is 0. The second-order valence-corrected chi connectivity index (χ2v) is 13.6. The van der Waals surface area contributed by atoms with Crippen LogP contribution in [-0.2, 0) is 20.9 Å². The van der Waals surface area contributed by atoms with E-state index in [-0.39, 0.29) is 5.75 Å². The van der Waals surface area contributed by atoms with Crippen molar-refractivity contribution in [3.05, 3.63) is 36.4 Å². The molecule has 1 aromatic rings. The van der Waals surface area contributed by atoms with Crippen molar-refractivity contribution >= 4 is 29.0 Å². The Morgan fingerprint density at radius 2 is 1.32 bits per heavy atom. The van der Waals surface area contributed by atoms with Crippen LogP contribution < -0.4 is 4.13 Å². The number of hydrogen-bond donors (Lipinski definition) is 2. The van der Waals surface area contributed by atoms with Gasteiger partial charge in [-0.2, -0.15) is 0 Å². The maximum Gasteiger partial charge on any atom is 0.224 e. The zero-order chi connectivity index (χ0) is 14.9. The third-order valence-corrected chi connectivity index (χ3v) is 6.56. The van der Waals surface area contributed by atoms with Crippen LogP contribution in [0, 0.1) is 0 Å². The third kappa shape index (κ3) is 13.5. The van der Waals surface area contributed by atoms with Crippen LogP contribution in [0.15, 0.2) is 36.4 Å². The van der Waals surface area contributed by atoms with E-state index in [4.69, 9.17) is 0 Å². The molecule has 0 spiro atoms. The molecule has 0 heterocycles. The highest BCUT2D eigenvalue weighted by molar-refractivity contribution is 7.98. The van der Waals surface area contributed by atoms with Crippen molar-refractivity contribution in [1.29, 1.82) is 0 Å². The number of benzene rings is 1. The molecule has 0 unspecified atom stereocenters. The Kier molecular flexibility index (Phi) is 8.15. The fraction of sp³-hybridized carbons (Fsp3) is 0.455. The highest BCUT2D eigenvalue weighted by atomic mass is 32.3. The summed E-state index contributed by atoms with van der Waals surface area (Å²) < 4.78 is 43.8. The van der Waals surface area contributed by atoms with Gasteiger partial charge < -0.3 is 0 Å². The maximum atomic E-state index is 11.0. The number of sulfonamides is 1. The molecule has 1 N–H and O–H groups in total. The van der Waals surface area contributed by atoms with E-state index < -0.39 is 29.0 Å². The van der Waals surface area contributed by atoms with Crippen LogP contribution in [0.5, 0.6) is 0 Å². The molecule has 0 aliphatic heterocycles. The van der Waals surface area contributed by atoms with Gasteiger partial charge in [-0.3, -0.25) is 0 Å². The summed E-state index contributed by atoms with van der Waals surface area (Å²) in [7, 11) is -8.12. The molecule has 0 aliphatic carbocycles. The van der Waals surface area contributed by atoms with Crippen molar-refractivity contribution in [3.8, 4) is 0 Å². The quantitative estimate of drug-likeness (QED) is 0.635. The van der Waals surface area contributed by atoms with Crippen LogP contribution in [-0.4, -0.2) is 30.7 Å². The van der Waals surface area contributed by atoms with Crippen molar-refractivity contribution in [1.82, 2.24) is 4.13 Å². The van der Waals surface area contributed by atoms with Gasteiger partial charge in [0, 0.05) is 8.07 Å². The largest absolute Gasteiger partial charge is 0.224 e. The van der Waals surface area contributed by atoms with Crippen molar-refractivity contribution in [2.24, 2.45) is 0 Å². The average molecular weight is 324 g/mol. The first-order chi connectivity index (χ1) is 8.62. The lowest BCUT2D eigenvalue weighted by atomic mass is 10.4. The minimum Gasteiger partial charge on any atom is -0.215 e. The molecule has 0 aliphatic rings. The minimum atomic E-state index is -3.63. The van der Waals surface area contributed by atoms with E-state index >= 15 is 0 Å². The van der Waals surface area contributed by atoms with Crippen LogP contribution in [0.1, 0.15) is 0 Å². The monoisotopic (exact) mass is 323 g/mol. The Hall–Kier alpha value is -0.703. The van der Waals surface area contributed by atoms with Gasteiger partial charge in [0.25, 0.3) is 0 Å². The number of nitrogens with one attached hydrogen (secondary N) is 1. The molecule has 1 aromatic carbocycles. The zero-order valence-corrected chi connectivity index (χ0v) is 14.1. The molecular weight excluding hydrogens is 302 g/mol. The van der Waals surface area contributed by atoms with Crippen LogP contribution in [0.3, 0.4) is 0 Å².